The minimum Gasteiger partial charge on any atom is -0.477 e. The molecule has 0 aliphatic carbocycles. The molecule has 2 aromatic heterocycles. The lowest BCUT2D eigenvalue weighted by Crippen LogP contribution is -2.46. The summed E-state index contributed by atoms with van der Waals surface area (Å²) in [5, 5.41) is 9.30. The van der Waals surface area contributed by atoms with Gasteiger partial charge in [-0.1, -0.05) is 0 Å². The first-order valence-electron chi connectivity index (χ1n) is 5.90. The van der Waals surface area contributed by atoms with Gasteiger partial charge in [0.25, 0.3) is 5.56 Å². The molecule has 4 N–H and O–H groups in total. The third kappa shape index (κ3) is 2.39. The molecule has 2 heterocycles. The molecule has 8 heteroatoms. The van der Waals surface area contributed by atoms with Crippen LogP contribution in [0, 0.1) is 6.92 Å². The molecule has 0 atom stereocenters. The SMILES string of the molecule is Cc1c(C(=O)O)sc2[nH]c(=O)n(CC(C)(C)N)c(=O)c12. The fraction of sp³-hybridized carbons (Fsp3) is 0.417. The number of hydrogen-bond donors (Lipinski definition) is 3. The van der Waals surface area contributed by atoms with Crippen LogP contribution >= 0.6 is 11.3 Å². The standard InChI is InChI=1S/C12H15N3O4S/c1-5-6-8(20-7(5)10(17)18)14-11(19)15(9(6)16)4-12(2,3)13/h4,13H2,1-3H3,(H,14,19)(H,17,18). The maximum absolute atomic E-state index is 12.4. The van der Waals surface area contributed by atoms with Crippen LogP contribution in [0.1, 0.15) is 29.1 Å². The van der Waals surface area contributed by atoms with Crippen molar-refractivity contribution in [3.8, 4) is 0 Å². The Morgan fingerprint density at radius 2 is 2.05 bits per heavy atom. The molecule has 0 fully saturated rings. The summed E-state index contributed by atoms with van der Waals surface area (Å²) in [6.45, 7) is 5.01. The van der Waals surface area contributed by atoms with Crippen molar-refractivity contribution in [2.75, 3.05) is 0 Å². The maximum Gasteiger partial charge on any atom is 0.346 e. The van der Waals surface area contributed by atoms with E-state index in [1.54, 1.807) is 20.8 Å². The molecule has 108 valence electrons. The Bertz CT molecular complexity index is 807. The van der Waals surface area contributed by atoms with E-state index in [-0.39, 0.29) is 21.6 Å². The molecule has 0 aliphatic rings. The van der Waals surface area contributed by atoms with E-state index in [1.165, 1.54) is 0 Å². The van der Waals surface area contributed by atoms with Crippen molar-refractivity contribution in [3.63, 3.8) is 0 Å². The number of aromatic nitrogens is 2. The summed E-state index contributed by atoms with van der Waals surface area (Å²) in [5.41, 5.74) is 4.37. The zero-order valence-corrected chi connectivity index (χ0v) is 12.1. The van der Waals surface area contributed by atoms with E-state index in [4.69, 9.17) is 10.8 Å². The average Bonchev–Trinajstić information content (AvgIpc) is 2.60. The number of carbonyl (C=O) groups is 1. The summed E-state index contributed by atoms with van der Waals surface area (Å²) in [6, 6.07) is 0. The highest BCUT2D eigenvalue weighted by molar-refractivity contribution is 7.20. The number of aromatic amines is 1. The Balaban J connectivity index is 2.82. The molecule has 0 unspecified atom stereocenters. The van der Waals surface area contributed by atoms with Crippen molar-refractivity contribution in [2.24, 2.45) is 5.73 Å². The highest BCUT2D eigenvalue weighted by Crippen LogP contribution is 2.26. The summed E-state index contributed by atoms with van der Waals surface area (Å²) >= 11 is 0.887. The number of aryl methyl sites for hydroxylation is 1. The molecule has 0 saturated heterocycles. The molecule has 7 nitrogen and oxygen atoms in total. The van der Waals surface area contributed by atoms with Gasteiger partial charge in [-0.25, -0.2) is 9.59 Å². The van der Waals surface area contributed by atoms with Crippen molar-refractivity contribution in [1.82, 2.24) is 9.55 Å². The molecule has 0 saturated carbocycles. The molecule has 0 radical (unpaired) electrons. The minimum atomic E-state index is -1.12. The largest absolute Gasteiger partial charge is 0.477 e. The second-order valence-corrected chi connectivity index (χ2v) is 6.40. The Labute approximate surface area is 117 Å². The number of nitrogens with one attached hydrogen (secondary N) is 1. The quantitative estimate of drug-likeness (QED) is 0.762. The van der Waals surface area contributed by atoms with Gasteiger partial charge in [0.1, 0.15) is 9.71 Å². The Hall–Kier alpha value is -1.93. The van der Waals surface area contributed by atoms with E-state index in [1.807, 2.05) is 0 Å². The normalized spacial score (nSPS) is 12.0. The fourth-order valence-corrected chi connectivity index (χ4v) is 3.03. The number of carboxylic acid groups (broad SMARTS) is 1. The van der Waals surface area contributed by atoms with Gasteiger partial charge in [0.15, 0.2) is 0 Å². The second-order valence-electron chi connectivity index (χ2n) is 5.38. The number of carboxylic acids is 1. The van der Waals surface area contributed by atoms with Gasteiger partial charge >= 0.3 is 11.7 Å². The topological polar surface area (TPSA) is 118 Å². The van der Waals surface area contributed by atoms with Crippen LogP contribution in [0.25, 0.3) is 10.2 Å². The molecule has 0 aromatic carbocycles. The van der Waals surface area contributed by atoms with E-state index in [0.717, 1.165) is 15.9 Å². The summed E-state index contributed by atoms with van der Waals surface area (Å²) in [5.74, 6) is -1.12. The lowest BCUT2D eigenvalue weighted by Gasteiger charge is -2.18. The van der Waals surface area contributed by atoms with Crippen LogP contribution in [0.4, 0.5) is 0 Å². The summed E-state index contributed by atoms with van der Waals surface area (Å²) in [6.07, 6.45) is 0. The van der Waals surface area contributed by atoms with E-state index in [0.29, 0.717) is 5.56 Å². The molecule has 0 amide bonds. The Morgan fingerprint density at radius 3 is 2.55 bits per heavy atom. The molecule has 0 aliphatic heterocycles. The van der Waals surface area contributed by atoms with Crippen LogP contribution in [0.2, 0.25) is 0 Å². The third-order valence-electron chi connectivity index (χ3n) is 2.83. The van der Waals surface area contributed by atoms with Gasteiger partial charge in [-0.15, -0.1) is 11.3 Å². The van der Waals surface area contributed by atoms with Crippen LogP contribution in [-0.2, 0) is 6.54 Å². The summed E-state index contributed by atoms with van der Waals surface area (Å²) in [7, 11) is 0. The predicted octanol–water partition coefficient (Wildman–Crippen LogP) is 0.495. The number of fused-ring (bicyclic) bond motifs is 1. The molecular formula is C12H15N3O4S. The minimum absolute atomic E-state index is 0.0504. The smallest absolute Gasteiger partial charge is 0.346 e. The highest BCUT2D eigenvalue weighted by Gasteiger charge is 2.21. The van der Waals surface area contributed by atoms with Crippen molar-refractivity contribution in [3.05, 3.63) is 31.3 Å². The third-order valence-corrected chi connectivity index (χ3v) is 4.03. The Morgan fingerprint density at radius 1 is 1.45 bits per heavy atom. The summed E-state index contributed by atoms with van der Waals surface area (Å²) < 4.78 is 1.01. The Kier molecular flexibility index (Phi) is 3.31. The van der Waals surface area contributed by atoms with Crippen LogP contribution in [0.15, 0.2) is 9.59 Å². The first-order valence-corrected chi connectivity index (χ1v) is 6.72. The zero-order chi connectivity index (χ0) is 15.2. The zero-order valence-electron chi connectivity index (χ0n) is 11.3. The maximum atomic E-state index is 12.4. The van der Waals surface area contributed by atoms with Crippen molar-refractivity contribution >= 4 is 27.5 Å². The number of hydrogen-bond acceptors (Lipinski definition) is 5. The summed E-state index contributed by atoms with van der Waals surface area (Å²) in [4.78, 5) is 38.3. The van der Waals surface area contributed by atoms with Gasteiger partial charge in [0, 0.05) is 12.1 Å². The van der Waals surface area contributed by atoms with Gasteiger partial charge in [0.05, 0.1) is 5.39 Å². The van der Waals surface area contributed by atoms with Gasteiger partial charge in [-0.05, 0) is 26.3 Å². The van der Waals surface area contributed by atoms with Crippen LogP contribution in [0.3, 0.4) is 0 Å². The molecule has 0 spiro atoms. The van der Waals surface area contributed by atoms with E-state index < -0.39 is 22.8 Å². The van der Waals surface area contributed by atoms with Crippen LogP contribution in [0.5, 0.6) is 0 Å². The molecule has 0 bridgehead atoms. The first-order chi connectivity index (χ1) is 9.11. The number of H-pyrrole nitrogens is 1. The van der Waals surface area contributed by atoms with Gasteiger partial charge in [-0.3, -0.25) is 14.3 Å². The van der Waals surface area contributed by atoms with E-state index >= 15 is 0 Å². The number of thiophene rings is 1. The highest BCUT2D eigenvalue weighted by atomic mass is 32.1. The molecule has 20 heavy (non-hydrogen) atoms. The second kappa shape index (κ2) is 4.57. The average molecular weight is 297 g/mol. The number of nitrogens with zero attached hydrogens (tertiary/aromatic N) is 1. The van der Waals surface area contributed by atoms with Crippen LogP contribution in [-0.4, -0.2) is 26.2 Å². The molecule has 2 rings (SSSR count). The van der Waals surface area contributed by atoms with Crippen molar-refractivity contribution in [1.29, 1.82) is 0 Å². The first kappa shape index (κ1) is 14.5. The van der Waals surface area contributed by atoms with Gasteiger partial charge in [0.2, 0.25) is 0 Å². The van der Waals surface area contributed by atoms with Gasteiger partial charge in [-0.2, -0.15) is 0 Å². The number of nitrogens with two attached hydrogens (primary N) is 1. The van der Waals surface area contributed by atoms with E-state index in [9.17, 15) is 14.4 Å². The number of aromatic carboxylic acids is 1. The van der Waals surface area contributed by atoms with E-state index in [2.05, 4.69) is 4.98 Å². The van der Waals surface area contributed by atoms with Crippen molar-refractivity contribution < 1.29 is 9.90 Å². The lowest BCUT2D eigenvalue weighted by molar-refractivity contribution is 0.0701. The van der Waals surface area contributed by atoms with Crippen molar-refractivity contribution in [2.45, 2.75) is 32.9 Å². The van der Waals surface area contributed by atoms with Crippen LogP contribution < -0.4 is 17.0 Å². The number of rotatable bonds is 3. The monoisotopic (exact) mass is 297 g/mol. The predicted molar refractivity (Wildman–Crippen MR) is 76.7 cm³/mol. The molecular weight excluding hydrogens is 282 g/mol. The molecule has 2 aromatic rings. The van der Waals surface area contributed by atoms with Gasteiger partial charge < -0.3 is 10.8 Å². The lowest BCUT2D eigenvalue weighted by atomic mass is 10.1. The fourth-order valence-electron chi connectivity index (χ4n) is 2.01.